The third kappa shape index (κ3) is 4.48. The normalized spacial score (nSPS) is 15.3. The fourth-order valence-electron chi connectivity index (χ4n) is 3.20. The highest BCUT2D eigenvalue weighted by atomic mass is 32.2. The van der Waals surface area contributed by atoms with Gasteiger partial charge in [-0.2, -0.15) is 14.4 Å². The Hall–Kier alpha value is -2.89. The van der Waals surface area contributed by atoms with Crippen LogP contribution in [0.4, 0.5) is 0 Å². The van der Waals surface area contributed by atoms with Gasteiger partial charge in [-0.3, -0.25) is 4.79 Å². The molecule has 1 aromatic carbocycles. The standard InChI is InChI=1S/C19H22N6O4S/c26-18(20-7-1-2-15-12-21-19-22-14-23-25(19)13-15)16-3-5-17(6-4-16)30(27,28)24-8-10-29-11-9-24/h3-6,12-14H,1-2,7-11H2,(H,20,26). The van der Waals surface area contributed by atoms with Gasteiger partial charge in [0.05, 0.1) is 18.1 Å². The minimum Gasteiger partial charge on any atom is -0.379 e. The first-order chi connectivity index (χ1) is 14.5. The summed E-state index contributed by atoms with van der Waals surface area (Å²) in [6, 6.07) is 6.01. The molecule has 0 bridgehead atoms. The van der Waals surface area contributed by atoms with Gasteiger partial charge in [-0.1, -0.05) is 0 Å². The van der Waals surface area contributed by atoms with Crippen molar-refractivity contribution in [1.29, 1.82) is 0 Å². The minimum absolute atomic E-state index is 0.178. The Kier molecular flexibility index (Phi) is 6.02. The molecule has 30 heavy (non-hydrogen) atoms. The van der Waals surface area contributed by atoms with Gasteiger partial charge < -0.3 is 10.1 Å². The Morgan fingerprint density at radius 3 is 2.67 bits per heavy atom. The van der Waals surface area contributed by atoms with E-state index in [0.29, 0.717) is 44.2 Å². The molecule has 1 amide bonds. The molecule has 0 saturated carbocycles. The maximum absolute atomic E-state index is 12.6. The molecule has 0 atom stereocenters. The van der Waals surface area contributed by atoms with E-state index in [1.54, 1.807) is 10.7 Å². The summed E-state index contributed by atoms with van der Waals surface area (Å²) in [5.74, 6) is 0.307. The predicted molar refractivity (Wildman–Crippen MR) is 107 cm³/mol. The number of nitrogens with one attached hydrogen (secondary N) is 1. The van der Waals surface area contributed by atoms with Crippen LogP contribution in [0.5, 0.6) is 0 Å². The van der Waals surface area contributed by atoms with Crippen LogP contribution < -0.4 is 5.32 Å². The van der Waals surface area contributed by atoms with Crippen LogP contribution in [0.15, 0.2) is 47.9 Å². The van der Waals surface area contributed by atoms with E-state index in [0.717, 1.165) is 18.4 Å². The summed E-state index contributed by atoms with van der Waals surface area (Å²) in [7, 11) is -3.56. The summed E-state index contributed by atoms with van der Waals surface area (Å²) < 4.78 is 33.5. The number of aromatic nitrogens is 4. The number of morpholine rings is 1. The SMILES string of the molecule is O=C(NCCCc1cnc2ncnn2c1)c1ccc(S(=O)(=O)N2CCOCC2)cc1. The fourth-order valence-corrected chi connectivity index (χ4v) is 4.61. The average Bonchev–Trinajstić information content (AvgIpc) is 3.25. The molecule has 1 fully saturated rings. The van der Waals surface area contributed by atoms with Gasteiger partial charge in [0.25, 0.3) is 11.7 Å². The molecule has 0 radical (unpaired) electrons. The Labute approximate surface area is 173 Å². The number of fused-ring (bicyclic) bond motifs is 1. The molecule has 1 aliphatic heterocycles. The molecule has 2 aromatic heterocycles. The second-order valence-electron chi connectivity index (χ2n) is 6.87. The molecule has 0 spiro atoms. The number of ether oxygens (including phenoxy) is 1. The van der Waals surface area contributed by atoms with Gasteiger partial charge in [0.1, 0.15) is 6.33 Å². The van der Waals surface area contributed by atoms with Crippen LogP contribution in [0, 0.1) is 0 Å². The van der Waals surface area contributed by atoms with Crippen LogP contribution in [0.25, 0.3) is 5.78 Å². The monoisotopic (exact) mass is 430 g/mol. The third-order valence-corrected chi connectivity index (χ3v) is 6.75. The Morgan fingerprint density at radius 1 is 1.13 bits per heavy atom. The van der Waals surface area contributed by atoms with Crippen LogP contribution in [0.3, 0.4) is 0 Å². The van der Waals surface area contributed by atoms with Crippen LogP contribution in [-0.4, -0.2) is 71.1 Å². The third-order valence-electron chi connectivity index (χ3n) is 4.84. The number of rotatable bonds is 7. The zero-order valence-corrected chi connectivity index (χ0v) is 17.1. The highest BCUT2D eigenvalue weighted by Gasteiger charge is 2.26. The molecule has 0 aliphatic carbocycles. The van der Waals surface area contributed by atoms with Crippen molar-refractivity contribution in [2.45, 2.75) is 17.7 Å². The second kappa shape index (κ2) is 8.86. The van der Waals surface area contributed by atoms with Gasteiger partial charge in [0.15, 0.2) is 0 Å². The first kappa shape index (κ1) is 20.4. The van der Waals surface area contributed by atoms with Crippen molar-refractivity contribution in [3.8, 4) is 0 Å². The van der Waals surface area contributed by atoms with Crippen molar-refractivity contribution in [3.63, 3.8) is 0 Å². The van der Waals surface area contributed by atoms with Crippen LogP contribution in [0.2, 0.25) is 0 Å². The molecule has 1 aliphatic rings. The average molecular weight is 430 g/mol. The van der Waals surface area contributed by atoms with E-state index in [4.69, 9.17) is 4.74 Å². The number of hydrogen-bond acceptors (Lipinski definition) is 7. The Morgan fingerprint density at radius 2 is 1.90 bits per heavy atom. The fraction of sp³-hybridized carbons (Fsp3) is 0.368. The number of nitrogens with zero attached hydrogens (tertiary/aromatic N) is 5. The van der Waals surface area contributed by atoms with E-state index >= 15 is 0 Å². The van der Waals surface area contributed by atoms with E-state index in [9.17, 15) is 13.2 Å². The van der Waals surface area contributed by atoms with Crippen molar-refractivity contribution in [2.75, 3.05) is 32.8 Å². The molecule has 11 heteroatoms. The lowest BCUT2D eigenvalue weighted by molar-refractivity contribution is 0.0730. The molecule has 1 N–H and O–H groups in total. The van der Waals surface area contributed by atoms with Crippen molar-refractivity contribution in [1.82, 2.24) is 29.2 Å². The van der Waals surface area contributed by atoms with Crippen molar-refractivity contribution >= 4 is 21.7 Å². The summed E-state index contributed by atoms with van der Waals surface area (Å²) in [6.07, 6.45) is 6.53. The van der Waals surface area contributed by atoms with E-state index in [-0.39, 0.29) is 10.8 Å². The van der Waals surface area contributed by atoms with Crippen molar-refractivity contribution < 1.29 is 17.9 Å². The lowest BCUT2D eigenvalue weighted by Crippen LogP contribution is -2.40. The largest absolute Gasteiger partial charge is 0.379 e. The van der Waals surface area contributed by atoms with Gasteiger partial charge in [-0.05, 0) is 42.7 Å². The number of carbonyl (C=O) groups excluding carboxylic acids is 1. The molecule has 1 saturated heterocycles. The number of hydrogen-bond donors (Lipinski definition) is 1. The van der Waals surface area contributed by atoms with E-state index in [1.807, 2.05) is 6.20 Å². The Balaban J connectivity index is 1.29. The molecule has 3 aromatic rings. The number of amides is 1. The van der Waals surface area contributed by atoms with Crippen LogP contribution in [-0.2, 0) is 21.2 Å². The van der Waals surface area contributed by atoms with Crippen molar-refractivity contribution in [2.24, 2.45) is 0 Å². The second-order valence-corrected chi connectivity index (χ2v) is 8.81. The lowest BCUT2D eigenvalue weighted by atomic mass is 10.2. The molecular formula is C19H22N6O4S. The van der Waals surface area contributed by atoms with Crippen LogP contribution >= 0.6 is 0 Å². The maximum atomic E-state index is 12.6. The van der Waals surface area contributed by atoms with E-state index < -0.39 is 10.0 Å². The number of sulfonamides is 1. The van der Waals surface area contributed by atoms with Crippen molar-refractivity contribution in [3.05, 3.63) is 54.1 Å². The summed E-state index contributed by atoms with van der Waals surface area (Å²) in [4.78, 5) is 20.7. The van der Waals surface area contributed by atoms with Gasteiger partial charge in [-0.15, -0.1) is 0 Å². The molecule has 4 rings (SSSR count). The smallest absolute Gasteiger partial charge is 0.252 e. The van der Waals surface area contributed by atoms with E-state index in [2.05, 4.69) is 20.4 Å². The highest BCUT2D eigenvalue weighted by Crippen LogP contribution is 2.17. The van der Waals surface area contributed by atoms with E-state index in [1.165, 1.54) is 34.9 Å². The minimum atomic E-state index is -3.56. The summed E-state index contributed by atoms with van der Waals surface area (Å²) in [5.41, 5.74) is 1.42. The zero-order chi connectivity index (χ0) is 21.0. The Bertz CT molecular complexity index is 1120. The predicted octanol–water partition coefficient (Wildman–Crippen LogP) is 0.508. The summed E-state index contributed by atoms with van der Waals surface area (Å²) in [6.45, 7) is 1.95. The molecule has 158 valence electrons. The highest BCUT2D eigenvalue weighted by molar-refractivity contribution is 7.89. The molecule has 10 nitrogen and oxygen atoms in total. The first-order valence-electron chi connectivity index (χ1n) is 9.64. The maximum Gasteiger partial charge on any atom is 0.252 e. The van der Waals surface area contributed by atoms with Gasteiger partial charge >= 0.3 is 0 Å². The number of benzene rings is 1. The van der Waals surface area contributed by atoms with Crippen LogP contribution in [0.1, 0.15) is 22.3 Å². The van der Waals surface area contributed by atoms with Gasteiger partial charge in [-0.25, -0.2) is 17.9 Å². The molecule has 0 unspecified atom stereocenters. The lowest BCUT2D eigenvalue weighted by Gasteiger charge is -2.26. The number of aryl methyl sites for hydroxylation is 1. The topological polar surface area (TPSA) is 119 Å². The molecular weight excluding hydrogens is 408 g/mol. The first-order valence-corrected chi connectivity index (χ1v) is 11.1. The molecule has 3 heterocycles. The summed E-state index contributed by atoms with van der Waals surface area (Å²) in [5, 5.41) is 6.90. The van der Waals surface area contributed by atoms with Gasteiger partial charge in [0, 0.05) is 37.6 Å². The van der Waals surface area contributed by atoms with Gasteiger partial charge in [0.2, 0.25) is 10.0 Å². The number of carbonyl (C=O) groups is 1. The quantitative estimate of drug-likeness (QED) is 0.543. The zero-order valence-electron chi connectivity index (χ0n) is 16.3. The summed E-state index contributed by atoms with van der Waals surface area (Å²) >= 11 is 0.